The van der Waals surface area contributed by atoms with Crippen LogP contribution in [0.5, 0.6) is 5.75 Å². The fraction of sp³-hybridized carbons (Fsp3) is 0.538. The number of amides is 1. The number of hydrogen-bond acceptors (Lipinski definition) is 4. The van der Waals surface area contributed by atoms with Gasteiger partial charge in [0.1, 0.15) is 5.75 Å². The zero-order chi connectivity index (χ0) is 13.0. The van der Waals surface area contributed by atoms with E-state index in [0.29, 0.717) is 12.1 Å². The molecule has 0 unspecified atom stereocenters. The lowest BCUT2D eigenvalue weighted by atomic mass is 10.1. The first-order valence-electron chi connectivity index (χ1n) is 6.28. The summed E-state index contributed by atoms with van der Waals surface area (Å²) in [5.74, 6) is -0.185. The molecule has 0 saturated heterocycles. The molecule has 0 aliphatic heterocycles. The van der Waals surface area contributed by atoms with Gasteiger partial charge in [-0.1, -0.05) is 12.8 Å². The predicted octanol–water partition coefficient (Wildman–Crippen LogP) is 1.16. The molecule has 2 N–H and O–H groups in total. The first-order chi connectivity index (χ1) is 8.72. The normalized spacial score (nSPS) is 15.8. The molecule has 98 valence electrons. The van der Waals surface area contributed by atoms with Crippen molar-refractivity contribution in [3.8, 4) is 5.75 Å². The number of aromatic nitrogens is 1. The maximum Gasteiger partial charge on any atom is 0.255 e. The van der Waals surface area contributed by atoms with Crippen molar-refractivity contribution in [3.05, 3.63) is 24.0 Å². The molecule has 5 nitrogen and oxygen atoms in total. The Kier molecular flexibility index (Phi) is 4.15. The summed E-state index contributed by atoms with van der Waals surface area (Å²) in [6, 6.07) is 1.61. The van der Waals surface area contributed by atoms with E-state index in [1.165, 1.54) is 18.5 Å². The minimum atomic E-state index is -0.167. The first-order valence-corrected chi connectivity index (χ1v) is 6.28. The summed E-state index contributed by atoms with van der Waals surface area (Å²) >= 11 is 0. The number of rotatable bonds is 4. The van der Waals surface area contributed by atoms with E-state index in [-0.39, 0.29) is 24.3 Å². The molecule has 1 fully saturated rings. The average Bonchev–Trinajstić information content (AvgIpc) is 2.89. The second-order valence-corrected chi connectivity index (χ2v) is 4.59. The van der Waals surface area contributed by atoms with Crippen LogP contribution < -0.4 is 0 Å². The second-order valence-electron chi connectivity index (χ2n) is 4.59. The molecule has 5 heteroatoms. The maximum atomic E-state index is 12.3. The van der Waals surface area contributed by atoms with Crippen molar-refractivity contribution in [3.63, 3.8) is 0 Å². The van der Waals surface area contributed by atoms with Crippen molar-refractivity contribution in [1.82, 2.24) is 9.88 Å². The van der Waals surface area contributed by atoms with Gasteiger partial charge in [-0.25, -0.2) is 0 Å². The van der Waals surface area contributed by atoms with Crippen LogP contribution in [0.3, 0.4) is 0 Å². The third kappa shape index (κ3) is 2.79. The molecule has 1 aliphatic carbocycles. The van der Waals surface area contributed by atoms with E-state index in [9.17, 15) is 9.90 Å². The van der Waals surface area contributed by atoms with Gasteiger partial charge < -0.3 is 15.1 Å². The molecule has 1 aliphatic rings. The van der Waals surface area contributed by atoms with Gasteiger partial charge in [-0.05, 0) is 18.9 Å². The van der Waals surface area contributed by atoms with E-state index in [1.807, 2.05) is 0 Å². The molecular formula is C13H18N2O3. The first kappa shape index (κ1) is 12.8. The van der Waals surface area contributed by atoms with Gasteiger partial charge in [0, 0.05) is 18.8 Å². The highest BCUT2D eigenvalue weighted by molar-refractivity contribution is 5.94. The van der Waals surface area contributed by atoms with E-state index in [4.69, 9.17) is 5.11 Å². The molecular weight excluding hydrogens is 232 g/mol. The van der Waals surface area contributed by atoms with Crippen LogP contribution in [0.2, 0.25) is 0 Å². The summed E-state index contributed by atoms with van der Waals surface area (Å²) in [5, 5.41) is 18.4. The third-order valence-electron chi connectivity index (χ3n) is 3.34. The van der Waals surface area contributed by atoms with Crippen LogP contribution in [0.4, 0.5) is 0 Å². The van der Waals surface area contributed by atoms with Crippen LogP contribution in [0.15, 0.2) is 18.5 Å². The van der Waals surface area contributed by atoms with Crippen LogP contribution >= 0.6 is 0 Å². The largest absolute Gasteiger partial charge is 0.506 e. The predicted molar refractivity (Wildman–Crippen MR) is 66.3 cm³/mol. The second kappa shape index (κ2) is 5.82. The average molecular weight is 250 g/mol. The van der Waals surface area contributed by atoms with E-state index in [0.717, 1.165) is 25.7 Å². The highest BCUT2D eigenvalue weighted by atomic mass is 16.3. The van der Waals surface area contributed by atoms with Crippen molar-refractivity contribution < 1.29 is 15.0 Å². The highest BCUT2D eigenvalue weighted by Crippen LogP contribution is 2.25. The minimum Gasteiger partial charge on any atom is -0.506 e. The Morgan fingerprint density at radius 3 is 2.72 bits per heavy atom. The molecule has 2 rings (SSSR count). The van der Waals surface area contributed by atoms with Crippen LogP contribution in [-0.2, 0) is 0 Å². The van der Waals surface area contributed by atoms with Crippen molar-refractivity contribution in [1.29, 1.82) is 0 Å². The van der Waals surface area contributed by atoms with Crippen LogP contribution in [0.25, 0.3) is 0 Å². The number of aliphatic hydroxyl groups excluding tert-OH is 1. The summed E-state index contributed by atoms with van der Waals surface area (Å²) in [6.45, 7) is 0.285. The summed E-state index contributed by atoms with van der Waals surface area (Å²) in [7, 11) is 0. The van der Waals surface area contributed by atoms with Crippen LogP contribution in [0.1, 0.15) is 36.0 Å². The van der Waals surface area contributed by atoms with Gasteiger partial charge in [-0.3, -0.25) is 9.78 Å². The molecule has 0 atom stereocenters. The molecule has 1 saturated carbocycles. The number of carbonyl (C=O) groups is 1. The van der Waals surface area contributed by atoms with Gasteiger partial charge in [0.15, 0.2) is 0 Å². The standard InChI is InChI=1S/C13H18N2O3/c16-6-5-15(11-3-1-2-4-11)13(18)10-7-12(17)9-14-8-10/h7-9,11,16-17H,1-6H2. The topological polar surface area (TPSA) is 73.7 Å². The SMILES string of the molecule is O=C(c1cncc(O)c1)N(CCO)C1CCCC1. The van der Waals surface area contributed by atoms with E-state index < -0.39 is 0 Å². The molecule has 0 bridgehead atoms. The third-order valence-corrected chi connectivity index (χ3v) is 3.34. The molecule has 1 heterocycles. The van der Waals surface area contributed by atoms with Crippen molar-refractivity contribution in [2.45, 2.75) is 31.7 Å². The summed E-state index contributed by atoms with van der Waals surface area (Å²) < 4.78 is 0. The Morgan fingerprint density at radius 1 is 1.39 bits per heavy atom. The highest BCUT2D eigenvalue weighted by Gasteiger charge is 2.27. The van der Waals surface area contributed by atoms with Crippen LogP contribution in [-0.4, -0.2) is 45.2 Å². The number of aromatic hydroxyl groups is 1. The zero-order valence-corrected chi connectivity index (χ0v) is 10.2. The Hall–Kier alpha value is -1.62. The van der Waals surface area contributed by atoms with Crippen LogP contribution in [0, 0.1) is 0 Å². The summed E-state index contributed by atoms with van der Waals surface area (Å²) in [4.78, 5) is 17.9. The molecule has 1 aromatic heterocycles. The molecule has 0 radical (unpaired) electrons. The molecule has 18 heavy (non-hydrogen) atoms. The quantitative estimate of drug-likeness (QED) is 0.841. The van der Waals surface area contributed by atoms with Gasteiger partial charge >= 0.3 is 0 Å². The molecule has 1 aromatic rings. The Balaban J connectivity index is 2.17. The lowest BCUT2D eigenvalue weighted by Crippen LogP contribution is -2.40. The summed E-state index contributed by atoms with van der Waals surface area (Å²) in [6.07, 6.45) is 6.95. The van der Waals surface area contributed by atoms with Gasteiger partial charge in [0.25, 0.3) is 5.91 Å². The minimum absolute atomic E-state index is 0.0174. The smallest absolute Gasteiger partial charge is 0.255 e. The van der Waals surface area contributed by atoms with E-state index >= 15 is 0 Å². The monoisotopic (exact) mass is 250 g/mol. The zero-order valence-electron chi connectivity index (χ0n) is 10.2. The number of hydrogen-bond donors (Lipinski definition) is 2. The molecule has 1 amide bonds. The molecule has 0 spiro atoms. The maximum absolute atomic E-state index is 12.3. The molecule has 0 aromatic carbocycles. The van der Waals surface area contributed by atoms with Gasteiger partial charge in [0.2, 0.25) is 0 Å². The number of carbonyl (C=O) groups excluding carboxylic acids is 1. The van der Waals surface area contributed by atoms with Crippen molar-refractivity contribution in [2.24, 2.45) is 0 Å². The fourth-order valence-corrected chi connectivity index (χ4v) is 2.48. The lowest BCUT2D eigenvalue weighted by molar-refractivity contribution is 0.0637. The Morgan fingerprint density at radius 2 is 2.11 bits per heavy atom. The lowest BCUT2D eigenvalue weighted by Gasteiger charge is -2.28. The van der Waals surface area contributed by atoms with Gasteiger partial charge in [0.05, 0.1) is 18.4 Å². The number of aliphatic hydroxyl groups is 1. The summed E-state index contributed by atoms with van der Waals surface area (Å²) in [5.41, 5.74) is 0.371. The van der Waals surface area contributed by atoms with E-state index in [1.54, 1.807) is 4.90 Å². The Bertz CT molecular complexity index is 416. The fourth-order valence-electron chi connectivity index (χ4n) is 2.48. The number of nitrogens with zero attached hydrogens (tertiary/aromatic N) is 2. The number of pyridine rings is 1. The van der Waals surface area contributed by atoms with Gasteiger partial charge in [-0.2, -0.15) is 0 Å². The van der Waals surface area contributed by atoms with E-state index in [2.05, 4.69) is 4.98 Å². The Labute approximate surface area is 106 Å². The van der Waals surface area contributed by atoms with Crippen molar-refractivity contribution >= 4 is 5.91 Å². The van der Waals surface area contributed by atoms with Gasteiger partial charge in [-0.15, -0.1) is 0 Å². The van der Waals surface area contributed by atoms with Crippen molar-refractivity contribution in [2.75, 3.05) is 13.2 Å².